The molecule has 2 aromatic rings. The molecule has 27 heavy (non-hydrogen) atoms. The highest BCUT2D eigenvalue weighted by molar-refractivity contribution is 6.17. The summed E-state index contributed by atoms with van der Waals surface area (Å²) in [5, 5.41) is 0. The zero-order chi connectivity index (χ0) is 20.0. The first-order valence-electron chi connectivity index (χ1n) is 8.78. The zero-order valence-electron chi connectivity index (χ0n) is 16.5. The fraction of sp³-hybridized carbons (Fsp3) is 0.450. The Balaban J connectivity index is 2.36. The number of hydrogen-bond acceptors (Lipinski definition) is 5. The van der Waals surface area contributed by atoms with Crippen molar-refractivity contribution in [2.45, 2.75) is 46.1 Å². The van der Waals surface area contributed by atoms with E-state index in [4.69, 9.17) is 21.1 Å². The van der Waals surface area contributed by atoms with Crippen LogP contribution in [0.4, 0.5) is 0 Å². The topological polar surface area (TPSA) is 66.2 Å². The van der Waals surface area contributed by atoms with Crippen LogP contribution in [0.15, 0.2) is 30.4 Å². The number of hydrogen-bond donors (Lipinski definition) is 0. The molecule has 0 amide bonds. The number of nitrogens with zero attached hydrogens (tertiary/aromatic N) is 3. The molecule has 0 saturated carbocycles. The highest BCUT2D eigenvalue weighted by Crippen LogP contribution is 2.24. The average Bonchev–Trinajstić information content (AvgIpc) is 3.03. The van der Waals surface area contributed by atoms with Gasteiger partial charge in [-0.2, -0.15) is 0 Å². The monoisotopic (exact) mass is 391 g/mol. The molecule has 146 valence electrons. The summed E-state index contributed by atoms with van der Waals surface area (Å²) in [6.07, 6.45) is 8.24. The fourth-order valence-corrected chi connectivity index (χ4v) is 2.58. The second-order valence-corrected chi connectivity index (χ2v) is 7.56. The van der Waals surface area contributed by atoms with Crippen LogP contribution < -0.4 is 4.74 Å². The van der Waals surface area contributed by atoms with Crippen LogP contribution in [0.5, 0.6) is 5.75 Å². The first-order valence-corrected chi connectivity index (χ1v) is 9.32. The molecule has 0 fully saturated rings. The van der Waals surface area contributed by atoms with Crippen LogP contribution in [-0.2, 0) is 9.53 Å². The van der Waals surface area contributed by atoms with E-state index in [2.05, 4.69) is 9.97 Å². The van der Waals surface area contributed by atoms with E-state index >= 15 is 0 Å². The van der Waals surface area contributed by atoms with Crippen LogP contribution in [0.3, 0.4) is 0 Å². The van der Waals surface area contributed by atoms with Crippen LogP contribution >= 0.6 is 11.6 Å². The molecule has 2 heterocycles. The predicted molar refractivity (Wildman–Crippen MR) is 106 cm³/mol. The van der Waals surface area contributed by atoms with E-state index in [1.165, 1.54) is 0 Å². The van der Waals surface area contributed by atoms with Crippen molar-refractivity contribution in [2.24, 2.45) is 0 Å². The van der Waals surface area contributed by atoms with Crippen LogP contribution in [-0.4, -0.2) is 39.1 Å². The van der Waals surface area contributed by atoms with E-state index in [0.29, 0.717) is 35.9 Å². The van der Waals surface area contributed by atoms with Crippen molar-refractivity contribution in [3.63, 3.8) is 0 Å². The largest absolute Gasteiger partial charge is 0.493 e. The number of halogens is 1. The number of aryl methyl sites for hydroxylation is 1. The smallest absolute Gasteiger partial charge is 0.334 e. The van der Waals surface area contributed by atoms with Crippen molar-refractivity contribution < 1.29 is 14.3 Å². The molecular formula is C20H26ClN3O3. The molecule has 0 aliphatic heterocycles. The summed E-state index contributed by atoms with van der Waals surface area (Å²) in [5.41, 5.74) is 1.63. The molecule has 0 aromatic carbocycles. The quantitative estimate of drug-likeness (QED) is 0.399. The van der Waals surface area contributed by atoms with Crippen LogP contribution in [0.1, 0.15) is 44.9 Å². The lowest BCUT2D eigenvalue weighted by molar-refractivity contribution is -0.149. The lowest BCUT2D eigenvalue weighted by atomic mass is 10.1. The van der Waals surface area contributed by atoms with E-state index < -0.39 is 5.60 Å². The molecule has 0 bridgehead atoms. The van der Waals surface area contributed by atoms with E-state index in [0.717, 1.165) is 11.3 Å². The minimum absolute atomic E-state index is 0.346. The third kappa shape index (κ3) is 6.10. The molecule has 7 heteroatoms. The van der Waals surface area contributed by atoms with Gasteiger partial charge in [0.1, 0.15) is 11.9 Å². The Hall–Kier alpha value is -2.34. The number of carbonyl (C=O) groups excluding carboxylic acids is 1. The third-order valence-corrected chi connectivity index (χ3v) is 3.88. The minimum atomic E-state index is -0.559. The maximum absolute atomic E-state index is 12.5. The summed E-state index contributed by atoms with van der Waals surface area (Å²) in [7, 11) is 1.58. The van der Waals surface area contributed by atoms with Crippen molar-refractivity contribution >= 4 is 23.6 Å². The number of rotatable bonds is 7. The second-order valence-electron chi connectivity index (χ2n) is 7.18. The van der Waals surface area contributed by atoms with E-state index in [9.17, 15) is 4.79 Å². The Bertz CT molecular complexity index is 822. The summed E-state index contributed by atoms with van der Waals surface area (Å²) in [6.45, 7) is 7.44. The maximum Gasteiger partial charge on any atom is 0.334 e. The van der Waals surface area contributed by atoms with Gasteiger partial charge >= 0.3 is 5.97 Å². The minimum Gasteiger partial charge on any atom is -0.493 e. The van der Waals surface area contributed by atoms with E-state index in [1.54, 1.807) is 30.3 Å². The highest BCUT2D eigenvalue weighted by Gasteiger charge is 2.20. The molecule has 2 aromatic heterocycles. The van der Waals surface area contributed by atoms with Crippen molar-refractivity contribution in [2.75, 3.05) is 13.0 Å². The van der Waals surface area contributed by atoms with Gasteiger partial charge in [0.15, 0.2) is 11.6 Å². The van der Waals surface area contributed by atoms with Crippen molar-refractivity contribution in [3.8, 4) is 11.6 Å². The number of methoxy groups -OCH3 is 1. The van der Waals surface area contributed by atoms with Crippen LogP contribution in [0.25, 0.3) is 11.9 Å². The van der Waals surface area contributed by atoms with Gasteiger partial charge in [0, 0.05) is 23.8 Å². The second kappa shape index (κ2) is 9.04. The Morgan fingerprint density at radius 2 is 2.07 bits per heavy atom. The van der Waals surface area contributed by atoms with Gasteiger partial charge in [0.2, 0.25) is 0 Å². The summed E-state index contributed by atoms with van der Waals surface area (Å²) in [4.78, 5) is 21.2. The molecule has 0 saturated heterocycles. The zero-order valence-corrected chi connectivity index (χ0v) is 17.2. The molecule has 0 radical (unpaired) electrons. The van der Waals surface area contributed by atoms with Gasteiger partial charge in [-0.05, 0) is 58.2 Å². The van der Waals surface area contributed by atoms with Crippen molar-refractivity contribution in [3.05, 3.63) is 41.6 Å². The Kier molecular flexibility index (Phi) is 7.02. The fourth-order valence-electron chi connectivity index (χ4n) is 2.45. The van der Waals surface area contributed by atoms with Gasteiger partial charge in [0.05, 0.1) is 12.8 Å². The van der Waals surface area contributed by atoms with Crippen LogP contribution in [0, 0.1) is 6.92 Å². The standard InChI is InChI=1S/C20H26ClN3O3/c1-14-12-24(13-23-14)18-17(26-5)10-15(11-22-18)9-16(7-6-8-21)19(25)27-20(2,3)4/h9-13H,6-8H2,1-5H3. The number of carbonyl (C=O) groups is 1. The van der Waals surface area contributed by atoms with Crippen molar-refractivity contribution in [1.29, 1.82) is 0 Å². The Morgan fingerprint density at radius 3 is 2.63 bits per heavy atom. The van der Waals surface area contributed by atoms with E-state index in [1.807, 2.05) is 40.0 Å². The third-order valence-electron chi connectivity index (χ3n) is 3.61. The molecule has 0 spiro atoms. The number of alkyl halides is 1. The molecule has 2 rings (SSSR count). The van der Waals surface area contributed by atoms with Crippen molar-refractivity contribution in [1.82, 2.24) is 14.5 Å². The highest BCUT2D eigenvalue weighted by atomic mass is 35.5. The molecule has 0 N–H and O–H groups in total. The maximum atomic E-state index is 12.5. The van der Waals surface area contributed by atoms with Gasteiger partial charge in [-0.1, -0.05) is 0 Å². The average molecular weight is 392 g/mol. The van der Waals surface area contributed by atoms with Gasteiger partial charge in [0.25, 0.3) is 0 Å². The predicted octanol–water partition coefficient (Wildman–Crippen LogP) is 4.33. The Morgan fingerprint density at radius 1 is 1.33 bits per heavy atom. The lowest BCUT2D eigenvalue weighted by Crippen LogP contribution is -2.25. The molecule has 0 aliphatic carbocycles. The van der Waals surface area contributed by atoms with Gasteiger partial charge in [-0.25, -0.2) is 14.8 Å². The molecular weight excluding hydrogens is 366 g/mol. The first kappa shape index (κ1) is 21.0. The molecule has 6 nitrogen and oxygen atoms in total. The summed E-state index contributed by atoms with van der Waals surface area (Å²) >= 11 is 5.80. The van der Waals surface area contributed by atoms with Crippen LogP contribution in [0.2, 0.25) is 0 Å². The molecule has 0 unspecified atom stereocenters. The Labute approximate surface area is 165 Å². The van der Waals surface area contributed by atoms with Gasteiger partial charge < -0.3 is 9.47 Å². The lowest BCUT2D eigenvalue weighted by Gasteiger charge is -2.20. The molecule has 0 atom stereocenters. The van der Waals surface area contributed by atoms with Gasteiger partial charge in [-0.3, -0.25) is 4.57 Å². The normalized spacial score (nSPS) is 12.1. The molecule has 0 aliphatic rings. The number of aromatic nitrogens is 3. The number of pyridine rings is 1. The number of ether oxygens (including phenoxy) is 2. The van der Waals surface area contributed by atoms with E-state index in [-0.39, 0.29) is 5.97 Å². The summed E-state index contributed by atoms with van der Waals surface area (Å²) in [5.74, 6) is 1.35. The number of imidazole rings is 1. The first-order chi connectivity index (χ1) is 12.7. The van der Waals surface area contributed by atoms with Gasteiger partial charge in [-0.15, -0.1) is 11.6 Å². The summed E-state index contributed by atoms with van der Waals surface area (Å²) in [6, 6.07) is 1.84. The number of esters is 1. The summed E-state index contributed by atoms with van der Waals surface area (Å²) < 4.78 is 12.8. The SMILES string of the molecule is COc1cc(C=C(CCCCl)C(=O)OC(C)(C)C)cnc1-n1cnc(C)c1.